The van der Waals surface area contributed by atoms with Crippen molar-refractivity contribution < 1.29 is 13.2 Å². The van der Waals surface area contributed by atoms with Crippen LogP contribution in [-0.4, -0.2) is 54.7 Å². The van der Waals surface area contributed by atoms with Crippen molar-refractivity contribution in [3.05, 3.63) is 70.2 Å². The Labute approximate surface area is 223 Å². The summed E-state index contributed by atoms with van der Waals surface area (Å²) >= 11 is 0. The van der Waals surface area contributed by atoms with Crippen LogP contribution in [0.2, 0.25) is 0 Å². The minimum atomic E-state index is -3.17. The van der Waals surface area contributed by atoms with E-state index in [0.717, 1.165) is 41.2 Å². The van der Waals surface area contributed by atoms with Crippen LogP contribution in [0.15, 0.2) is 64.0 Å². The second-order valence-electron chi connectivity index (χ2n) is 9.76. The van der Waals surface area contributed by atoms with E-state index >= 15 is 0 Å². The maximum atomic E-state index is 13.2. The van der Waals surface area contributed by atoms with Crippen LogP contribution in [0.25, 0.3) is 28.0 Å². The number of carbonyl (C=O) groups is 1. The minimum Gasteiger partial charge on any atom is -0.387 e. The lowest BCUT2D eigenvalue weighted by Crippen LogP contribution is -2.34. The Morgan fingerprint density at radius 3 is 2.42 bits per heavy atom. The molecule has 0 bridgehead atoms. The molecule has 1 amide bonds. The maximum Gasteiger partial charge on any atom is 0.258 e. The van der Waals surface area contributed by atoms with Crippen molar-refractivity contribution in [2.45, 2.75) is 39.7 Å². The number of aromatic nitrogens is 1. The lowest BCUT2D eigenvalue weighted by atomic mass is 9.99. The highest BCUT2D eigenvalue weighted by Crippen LogP contribution is 2.33. The molecule has 4 rings (SSSR count). The number of sulfone groups is 1. The third kappa shape index (κ3) is 6.22. The average Bonchev–Trinajstić information content (AvgIpc) is 3.04. The van der Waals surface area contributed by atoms with Crippen molar-refractivity contribution in [3.8, 4) is 11.1 Å². The molecule has 0 aliphatic carbocycles. The number of amidine groups is 1. The van der Waals surface area contributed by atoms with Crippen LogP contribution in [0.1, 0.15) is 38.7 Å². The number of amides is 1. The highest BCUT2D eigenvalue weighted by Gasteiger charge is 2.21. The first-order valence-corrected chi connectivity index (χ1v) is 14.9. The number of pyridine rings is 1. The fourth-order valence-electron chi connectivity index (χ4n) is 4.67. The third-order valence-electron chi connectivity index (χ3n) is 6.56. The van der Waals surface area contributed by atoms with Gasteiger partial charge in [-0.05, 0) is 59.7 Å². The van der Waals surface area contributed by atoms with Crippen molar-refractivity contribution in [1.82, 2.24) is 9.47 Å². The molecule has 38 heavy (non-hydrogen) atoms. The van der Waals surface area contributed by atoms with Crippen molar-refractivity contribution in [2.75, 3.05) is 25.1 Å². The number of fused-ring (bicyclic) bond motifs is 2. The van der Waals surface area contributed by atoms with E-state index in [1.165, 1.54) is 4.57 Å². The summed E-state index contributed by atoms with van der Waals surface area (Å²) in [6.45, 7) is 5.65. The molecule has 200 valence electrons. The van der Waals surface area contributed by atoms with Crippen molar-refractivity contribution in [3.63, 3.8) is 0 Å². The summed E-state index contributed by atoms with van der Waals surface area (Å²) in [4.78, 5) is 32.6. The molecular formula is C29H34N4O4S. The minimum absolute atomic E-state index is 0.000461. The van der Waals surface area contributed by atoms with Gasteiger partial charge in [-0.25, -0.2) is 13.4 Å². The van der Waals surface area contributed by atoms with Crippen LogP contribution in [0.4, 0.5) is 5.69 Å². The van der Waals surface area contributed by atoms with Gasteiger partial charge in [-0.1, -0.05) is 32.0 Å². The van der Waals surface area contributed by atoms with Crippen LogP contribution in [0.3, 0.4) is 0 Å². The van der Waals surface area contributed by atoms with Gasteiger partial charge < -0.3 is 15.2 Å². The van der Waals surface area contributed by atoms with Gasteiger partial charge in [-0.15, -0.1) is 0 Å². The Kier molecular flexibility index (Phi) is 8.16. The predicted octanol–water partition coefficient (Wildman–Crippen LogP) is 4.14. The van der Waals surface area contributed by atoms with Crippen LogP contribution in [-0.2, 0) is 21.2 Å². The number of nitrogens with zero attached hydrogens (tertiary/aromatic N) is 3. The van der Waals surface area contributed by atoms with E-state index in [2.05, 4.69) is 18.8 Å². The smallest absolute Gasteiger partial charge is 0.258 e. The second kappa shape index (κ2) is 11.3. The number of hydrogen-bond donors (Lipinski definition) is 1. The summed E-state index contributed by atoms with van der Waals surface area (Å²) in [7, 11) is -3.17. The Morgan fingerprint density at radius 2 is 1.74 bits per heavy atom. The van der Waals surface area contributed by atoms with Gasteiger partial charge in [0, 0.05) is 55.0 Å². The zero-order chi connectivity index (χ0) is 27.4. The first kappa shape index (κ1) is 27.3. The Hall–Kier alpha value is -3.72. The Balaban J connectivity index is 1.66. The molecule has 3 aromatic rings. The summed E-state index contributed by atoms with van der Waals surface area (Å²) in [5.41, 5.74) is 9.99. The van der Waals surface area contributed by atoms with Gasteiger partial charge in [0.25, 0.3) is 5.56 Å². The molecule has 1 aliphatic heterocycles. The molecule has 0 fully saturated rings. The number of hydrogen-bond acceptors (Lipinski definition) is 6. The topological polar surface area (TPSA) is 115 Å². The molecule has 1 aliphatic rings. The molecule has 1 aromatic heterocycles. The molecule has 0 spiro atoms. The zero-order valence-corrected chi connectivity index (χ0v) is 22.9. The second-order valence-corrected chi connectivity index (χ2v) is 12.0. The highest BCUT2D eigenvalue weighted by atomic mass is 32.2. The molecule has 2 aromatic carbocycles. The molecule has 8 nitrogen and oxygen atoms in total. The van der Waals surface area contributed by atoms with E-state index in [-0.39, 0.29) is 23.8 Å². The summed E-state index contributed by atoms with van der Waals surface area (Å²) in [5.74, 6) is 0.300. The number of nitrogens with two attached hydrogens (primary N) is 1. The van der Waals surface area contributed by atoms with Gasteiger partial charge in [0.15, 0.2) is 0 Å². The van der Waals surface area contributed by atoms with Gasteiger partial charge in [0.2, 0.25) is 5.91 Å². The molecule has 0 atom stereocenters. The number of aliphatic imine (C=N–C) groups is 1. The van der Waals surface area contributed by atoms with Crippen molar-refractivity contribution in [2.24, 2.45) is 10.7 Å². The standard InChI is InChI=1S/C29H34N4O4S/c1-4-11-32(12-5-2)28(34)24-17-23-7-6-21(18-26(23)31-27(30)19-24)20-8-9-25-22(16-20)10-13-33(29(25)35)14-15-38(3,36)37/h6-10,13,16-18H,4-5,11-12,14-15,19H2,1-3H3,(H2,30,31). The van der Waals surface area contributed by atoms with Gasteiger partial charge in [0.05, 0.1) is 11.4 Å². The fourth-order valence-corrected chi connectivity index (χ4v) is 5.20. The van der Waals surface area contributed by atoms with Gasteiger partial charge in [-0.2, -0.15) is 0 Å². The van der Waals surface area contributed by atoms with E-state index < -0.39 is 9.84 Å². The lowest BCUT2D eigenvalue weighted by Gasteiger charge is -2.22. The monoisotopic (exact) mass is 534 g/mol. The van der Waals surface area contributed by atoms with Gasteiger partial charge in [0.1, 0.15) is 15.7 Å². The Bertz CT molecular complexity index is 1600. The van der Waals surface area contributed by atoms with Crippen molar-refractivity contribution in [1.29, 1.82) is 0 Å². The van der Waals surface area contributed by atoms with E-state index in [4.69, 9.17) is 5.73 Å². The number of rotatable bonds is 9. The van der Waals surface area contributed by atoms with E-state index in [9.17, 15) is 18.0 Å². The average molecular weight is 535 g/mol. The first-order valence-electron chi connectivity index (χ1n) is 12.9. The maximum absolute atomic E-state index is 13.2. The van der Waals surface area contributed by atoms with Gasteiger partial charge in [-0.3, -0.25) is 9.59 Å². The molecular weight excluding hydrogens is 500 g/mol. The zero-order valence-electron chi connectivity index (χ0n) is 22.1. The largest absolute Gasteiger partial charge is 0.387 e. The van der Waals surface area contributed by atoms with Crippen LogP contribution in [0.5, 0.6) is 0 Å². The third-order valence-corrected chi connectivity index (χ3v) is 7.48. The molecule has 9 heteroatoms. The molecule has 0 radical (unpaired) electrons. The summed E-state index contributed by atoms with van der Waals surface area (Å²) in [5, 5.41) is 1.29. The van der Waals surface area contributed by atoms with Crippen LogP contribution in [0, 0.1) is 0 Å². The van der Waals surface area contributed by atoms with Crippen molar-refractivity contribution >= 4 is 44.1 Å². The molecule has 0 saturated carbocycles. The highest BCUT2D eigenvalue weighted by molar-refractivity contribution is 7.90. The molecule has 2 heterocycles. The molecule has 2 N–H and O–H groups in total. The molecule has 0 saturated heterocycles. The van der Waals surface area contributed by atoms with Crippen LogP contribution >= 0.6 is 0 Å². The van der Waals surface area contributed by atoms with E-state index in [1.807, 2.05) is 47.4 Å². The molecule has 0 unspecified atom stereocenters. The quantitative estimate of drug-likeness (QED) is 0.443. The number of benzene rings is 2. The van der Waals surface area contributed by atoms with Crippen LogP contribution < -0.4 is 11.3 Å². The summed E-state index contributed by atoms with van der Waals surface area (Å²) in [6, 6.07) is 13.2. The predicted molar refractivity (Wildman–Crippen MR) is 154 cm³/mol. The fraction of sp³-hybridized carbons (Fsp3) is 0.345. The summed E-state index contributed by atoms with van der Waals surface area (Å²) in [6.07, 6.45) is 6.76. The first-order chi connectivity index (χ1) is 18.1. The summed E-state index contributed by atoms with van der Waals surface area (Å²) < 4.78 is 24.4. The van der Waals surface area contributed by atoms with E-state index in [0.29, 0.717) is 42.0 Å². The Morgan fingerprint density at radius 1 is 1.05 bits per heavy atom. The lowest BCUT2D eigenvalue weighted by molar-refractivity contribution is -0.127. The van der Waals surface area contributed by atoms with E-state index in [1.54, 1.807) is 12.3 Å². The number of aryl methyl sites for hydroxylation is 1. The van der Waals surface area contributed by atoms with Gasteiger partial charge >= 0.3 is 0 Å². The normalized spacial score (nSPS) is 13.4. The number of carbonyl (C=O) groups excluding carboxylic acids is 1. The SMILES string of the molecule is CCCN(CCC)C(=O)C1=Cc2ccc(-c3ccc4c(=O)n(CCS(C)(=O)=O)ccc4c3)cc2N=C(N)C1.